The highest BCUT2D eigenvalue weighted by Crippen LogP contribution is 2.24. The van der Waals surface area contributed by atoms with Gasteiger partial charge in [-0.2, -0.15) is 0 Å². The van der Waals surface area contributed by atoms with E-state index >= 15 is 0 Å². The number of hydrogen-bond acceptors (Lipinski definition) is 6. The molecule has 0 unspecified atom stereocenters. The van der Waals surface area contributed by atoms with Crippen LogP contribution < -0.4 is 5.32 Å². The van der Waals surface area contributed by atoms with E-state index in [0.717, 1.165) is 11.1 Å². The molecule has 1 N–H and O–H groups in total. The molecular weight excluding hydrogens is 354 g/mol. The zero-order valence-corrected chi connectivity index (χ0v) is 14.9. The third-order valence-electron chi connectivity index (χ3n) is 4.53. The number of benzene rings is 1. The Balaban J connectivity index is 1.60. The SMILES string of the molecule is C[C@@]1(NC(=O)c2cccc(-c3cnc4nncn4c3)c2)CCS(=O)(=O)C1. The van der Waals surface area contributed by atoms with Crippen molar-refractivity contribution < 1.29 is 13.2 Å². The lowest BCUT2D eigenvalue weighted by atomic mass is 10.0. The third kappa shape index (κ3) is 3.17. The van der Waals surface area contributed by atoms with Gasteiger partial charge in [0.25, 0.3) is 11.7 Å². The zero-order chi connectivity index (χ0) is 18.4. The number of carbonyl (C=O) groups excluding carboxylic acids is 1. The number of sulfone groups is 1. The second-order valence-electron chi connectivity index (χ2n) is 6.82. The van der Waals surface area contributed by atoms with Crippen molar-refractivity contribution in [2.24, 2.45) is 0 Å². The minimum atomic E-state index is -3.09. The lowest BCUT2D eigenvalue weighted by Gasteiger charge is -2.24. The van der Waals surface area contributed by atoms with Crippen LogP contribution in [0.25, 0.3) is 16.9 Å². The van der Waals surface area contributed by atoms with Crippen LogP contribution in [-0.2, 0) is 9.84 Å². The molecule has 8 nitrogen and oxygen atoms in total. The topological polar surface area (TPSA) is 106 Å². The summed E-state index contributed by atoms with van der Waals surface area (Å²) in [7, 11) is -3.09. The van der Waals surface area contributed by atoms with Gasteiger partial charge in [0.2, 0.25) is 0 Å². The number of nitrogens with one attached hydrogen (secondary N) is 1. The van der Waals surface area contributed by atoms with Gasteiger partial charge >= 0.3 is 0 Å². The monoisotopic (exact) mass is 371 g/mol. The molecule has 0 aliphatic carbocycles. The molecule has 0 saturated carbocycles. The molecule has 9 heteroatoms. The van der Waals surface area contributed by atoms with Crippen LogP contribution in [0.1, 0.15) is 23.7 Å². The molecule has 1 saturated heterocycles. The molecule has 1 aromatic carbocycles. The Hall–Kier alpha value is -2.81. The lowest BCUT2D eigenvalue weighted by Crippen LogP contribution is -2.46. The van der Waals surface area contributed by atoms with Gasteiger partial charge in [0.15, 0.2) is 9.84 Å². The standard InChI is InChI=1S/C17H17N5O3S/c1-17(5-6-26(24,25)10-17)20-15(23)13-4-2-3-12(7-13)14-8-18-16-21-19-11-22(16)9-14/h2-4,7-9,11H,5-6,10H2,1H3,(H,20,23)/t17-/m1/s1. The maximum Gasteiger partial charge on any atom is 0.254 e. The summed E-state index contributed by atoms with van der Waals surface area (Å²) in [5.74, 6) is 0.288. The fraction of sp³-hybridized carbons (Fsp3) is 0.294. The Morgan fingerprint density at radius 1 is 1.31 bits per heavy atom. The van der Waals surface area contributed by atoms with E-state index in [4.69, 9.17) is 0 Å². The van der Waals surface area contributed by atoms with Crippen molar-refractivity contribution in [3.8, 4) is 11.1 Å². The molecule has 3 aromatic rings. The highest BCUT2D eigenvalue weighted by molar-refractivity contribution is 7.91. The second kappa shape index (κ2) is 5.87. The number of rotatable bonds is 3. The first-order valence-corrected chi connectivity index (χ1v) is 9.95. The molecule has 4 rings (SSSR count). The smallest absolute Gasteiger partial charge is 0.254 e. The van der Waals surface area contributed by atoms with E-state index in [2.05, 4.69) is 20.5 Å². The van der Waals surface area contributed by atoms with Crippen molar-refractivity contribution >= 4 is 21.5 Å². The average molecular weight is 371 g/mol. The van der Waals surface area contributed by atoms with Crippen molar-refractivity contribution in [2.45, 2.75) is 18.9 Å². The van der Waals surface area contributed by atoms with E-state index in [9.17, 15) is 13.2 Å². The molecule has 134 valence electrons. The molecule has 1 fully saturated rings. The van der Waals surface area contributed by atoms with Crippen LogP contribution in [0.3, 0.4) is 0 Å². The maximum atomic E-state index is 12.6. The van der Waals surface area contributed by atoms with Gasteiger partial charge in [0.1, 0.15) is 6.33 Å². The fourth-order valence-electron chi connectivity index (χ4n) is 3.17. The van der Waals surface area contributed by atoms with Crippen molar-refractivity contribution in [3.05, 3.63) is 48.5 Å². The number of nitrogens with zero attached hydrogens (tertiary/aromatic N) is 4. The first-order valence-electron chi connectivity index (χ1n) is 8.12. The van der Waals surface area contributed by atoms with Gasteiger partial charge in [0, 0.05) is 23.5 Å². The summed E-state index contributed by atoms with van der Waals surface area (Å²) < 4.78 is 25.1. The molecule has 0 spiro atoms. The summed E-state index contributed by atoms with van der Waals surface area (Å²) >= 11 is 0. The van der Waals surface area contributed by atoms with E-state index in [1.165, 1.54) is 0 Å². The molecule has 1 atom stereocenters. The molecule has 1 aliphatic heterocycles. The third-order valence-corrected chi connectivity index (χ3v) is 6.43. The van der Waals surface area contributed by atoms with Crippen LogP contribution in [-0.4, -0.2) is 51.0 Å². The molecular formula is C17H17N5O3S. The summed E-state index contributed by atoms with van der Waals surface area (Å²) in [5.41, 5.74) is 1.39. The summed E-state index contributed by atoms with van der Waals surface area (Å²) in [6, 6.07) is 7.13. The molecule has 1 amide bonds. The number of amides is 1. The average Bonchev–Trinajstić information content (AvgIpc) is 3.17. The largest absolute Gasteiger partial charge is 0.346 e. The normalized spacial score (nSPS) is 21.7. The maximum absolute atomic E-state index is 12.6. The Kier molecular flexibility index (Phi) is 3.76. The van der Waals surface area contributed by atoms with Crippen molar-refractivity contribution in [1.82, 2.24) is 24.9 Å². The van der Waals surface area contributed by atoms with Gasteiger partial charge in [-0.1, -0.05) is 12.1 Å². The highest BCUT2D eigenvalue weighted by atomic mass is 32.2. The van der Waals surface area contributed by atoms with Gasteiger partial charge in [0.05, 0.1) is 17.0 Å². The number of fused-ring (bicyclic) bond motifs is 1. The second-order valence-corrected chi connectivity index (χ2v) is 9.00. The first-order chi connectivity index (χ1) is 12.3. The molecule has 2 aromatic heterocycles. The first kappa shape index (κ1) is 16.6. The Morgan fingerprint density at radius 3 is 2.92 bits per heavy atom. The summed E-state index contributed by atoms with van der Waals surface area (Å²) in [6.07, 6.45) is 5.49. The van der Waals surface area contributed by atoms with Crippen LogP contribution in [0.4, 0.5) is 0 Å². The van der Waals surface area contributed by atoms with E-state index < -0.39 is 15.4 Å². The molecule has 3 heterocycles. The number of carbonyl (C=O) groups is 1. The van der Waals surface area contributed by atoms with Gasteiger partial charge in [-0.15, -0.1) is 10.2 Å². The quantitative estimate of drug-likeness (QED) is 0.739. The van der Waals surface area contributed by atoms with Crippen molar-refractivity contribution in [2.75, 3.05) is 11.5 Å². The van der Waals surface area contributed by atoms with Crippen molar-refractivity contribution in [1.29, 1.82) is 0 Å². The van der Waals surface area contributed by atoms with Crippen LogP contribution in [0, 0.1) is 0 Å². The van der Waals surface area contributed by atoms with Crippen LogP contribution in [0.15, 0.2) is 43.0 Å². The summed E-state index contributed by atoms with van der Waals surface area (Å²) in [5, 5.41) is 10.5. The van der Waals surface area contributed by atoms with Crippen LogP contribution in [0.5, 0.6) is 0 Å². The molecule has 0 bridgehead atoms. The minimum absolute atomic E-state index is 0.0281. The predicted molar refractivity (Wildman–Crippen MR) is 95.4 cm³/mol. The fourth-order valence-corrected chi connectivity index (χ4v) is 5.27. The van der Waals surface area contributed by atoms with Crippen molar-refractivity contribution in [3.63, 3.8) is 0 Å². The number of hydrogen-bond donors (Lipinski definition) is 1. The summed E-state index contributed by atoms with van der Waals surface area (Å²) in [4.78, 5) is 16.8. The predicted octanol–water partition coefficient (Wildman–Crippen LogP) is 1.10. The van der Waals surface area contributed by atoms with Gasteiger partial charge in [-0.25, -0.2) is 13.4 Å². The summed E-state index contributed by atoms with van der Waals surface area (Å²) in [6.45, 7) is 1.77. The van der Waals surface area contributed by atoms with E-state index in [0.29, 0.717) is 17.8 Å². The minimum Gasteiger partial charge on any atom is -0.346 e. The Morgan fingerprint density at radius 2 is 2.15 bits per heavy atom. The van der Waals surface area contributed by atoms with Crippen LogP contribution >= 0.6 is 0 Å². The van der Waals surface area contributed by atoms with E-state index in [1.807, 2.05) is 12.3 Å². The van der Waals surface area contributed by atoms with E-state index in [1.54, 1.807) is 42.0 Å². The van der Waals surface area contributed by atoms with Gasteiger partial charge in [-0.05, 0) is 31.0 Å². The number of aromatic nitrogens is 4. The Labute approximate surface area is 150 Å². The highest BCUT2D eigenvalue weighted by Gasteiger charge is 2.39. The molecule has 0 radical (unpaired) electrons. The molecule has 26 heavy (non-hydrogen) atoms. The van der Waals surface area contributed by atoms with Crippen LogP contribution in [0.2, 0.25) is 0 Å². The van der Waals surface area contributed by atoms with E-state index in [-0.39, 0.29) is 17.4 Å². The molecule has 1 aliphatic rings. The van der Waals surface area contributed by atoms with Gasteiger partial charge < -0.3 is 5.32 Å². The Bertz CT molecular complexity index is 1110. The zero-order valence-electron chi connectivity index (χ0n) is 14.1. The lowest BCUT2D eigenvalue weighted by molar-refractivity contribution is 0.0915. The van der Waals surface area contributed by atoms with Gasteiger partial charge in [-0.3, -0.25) is 9.20 Å².